The topological polar surface area (TPSA) is 67.4 Å². The standard InChI is InChI=1S/C20H24N2O3/c1-14(2)15-8-4-6-10-17(15)22-19(23)12-13-21-20(24)16-9-5-7-11-18(16)25-3/h4-11,14H,12-13H2,1-3H3,(H,21,24)(H,22,23). The van der Waals surface area contributed by atoms with Gasteiger partial charge in [0.2, 0.25) is 5.91 Å². The first kappa shape index (κ1) is 18.5. The van der Waals surface area contributed by atoms with Gasteiger partial charge < -0.3 is 15.4 Å². The molecule has 0 saturated carbocycles. The number of hydrogen-bond donors (Lipinski definition) is 2. The van der Waals surface area contributed by atoms with E-state index in [1.165, 1.54) is 7.11 Å². The van der Waals surface area contributed by atoms with E-state index in [4.69, 9.17) is 4.74 Å². The number of carbonyl (C=O) groups is 2. The smallest absolute Gasteiger partial charge is 0.255 e. The van der Waals surface area contributed by atoms with E-state index < -0.39 is 0 Å². The second-order valence-corrected chi connectivity index (χ2v) is 6.00. The van der Waals surface area contributed by atoms with Crippen molar-refractivity contribution < 1.29 is 14.3 Å². The lowest BCUT2D eigenvalue weighted by molar-refractivity contribution is -0.116. The third-order valence-electron chi connectivity index (χ3n) is 3.85. The summed E-state index contributed by atoms with van der Waals surface area (Å²) in [6.45, 7) is 4.42. The van der Waals surface area contributed by atoms with Gasteiger partial charge in [-0.25, -0.2) is 0 Å². The maximum atomic E-state index is 12.2. The number of carbonyl (C=O) groups excluding carboxylic acids is 2. The first-order valence-electron chi connectivity index (χ1n) is 8.33. The Morgan fingerprint density at radius 3 is 2.44 bits per heavy atom. The van der Waals surface area contributed by atoms with Crippen molar-refractivity contribution in [3.05, 3.63) is 59.7 Å². The van der Waals surface area contributed by atoms with Crippen LogP contribution in [-0.4, -0.2) is 25.5 Å². The van der Waals surface area contributed by atoms with Crippen LogP contribution in [0.25, 0.3) is 0 Å². The fraction of sp³-hybridized carbons (Fsp3) is 0.300. The summed E-state index contributed by atoms with van der Waals surface area (Å²) in [7, 11) is 1.52. The van der Waals surface area contributed by atoms with Gasteiger partial charge in [-0.2, -0.15) is 0 Å². The molecular formula is C20H24N2O3. The van der Waals surface area contributed by atoms with Crippen LogP contribution in [0.15, 0.2) is 48.5 Å². The van der Waals surface area contributed by atoms with E-state index in [0.29, 0.717) is 17.2 Å². The Balaban J connectivity index is 1.88. The van der Waals surface area contributed by atoms with Crippen LogP contribution < -0.4 is 15.4 Å². The van der Waals surface area contributed by atoms with E-state index in [0.717, 1.165) is 11.3 Å². The second kappa shape index (κ2) is 8.87. The molecular weight excluding hydrogens is 316 g/mol. The number of para-hydroxylation sites is 2. The zero-order valence-corrected chi connectivity index (χ0v) is 14.8. The highest BCUT2D eigenvalue weighted by Crippen LogP contribution is 2.23. The molecule has 2 N–H and O–H groups in total. The van der Waals surface area contributed by atoms with Crippen LogP contribution in [0, 0.1) is 0 Å². The number of hydrogen-bond acceptors (Lipinski definition) is 3. The molecule has 2 rings (SSSR count). The minimum Gasteiger partial charge on any atom is -0.496 e. The largest absolute Gasteiger partial charge is 0.496 e. The minimum absolute atomic E-state index is 0.131. The molecule has 0 saturated heterocycles. The SMILES string of the molecule is COc1ccccc1C(=O)NCCC(=O)Nc1ccccc1C(C)C. The molecule has 2 aromatic carbocycles. The molecule has 5 nitrogen and oxygen atoms in total. The Morgan fingerprint density at radius 2 is 1.72 bits per heavy atom. The Labute approximate surface area is 148 Å². The molecule has 0 aliphatic heterocycles. The molecule has 0 aromatic heterocycles. The van der Waals surface area contributed by atoms with Crippen LogP contribution in [0.5, 0.6) is 5.75 Å². The Bertz CT molecular complexity index is 741. The van der Waals surface area contributed by atoms with E-state index in [2.05, 4.69) is 24.5 Å². The molecule has 0 bridgehead atoms. The highest BCUT2D eigenvalue weighted by atomic mass is 16.5. The third-order valence-corrected chi connectivity index (χ3v) is 3.85. The van der Waals surface area contributed by atoms with Gasteiger partial charge in [0.25, 0.3) is 5.91 Å². The Hall–Kier alpha value is -2.82. The molecule has 0 aliphatic rings. The van der Waals surface area contributed by atoms with Crippen LogP contribution in [-0.2, 0) is 4.79 Å². The summed E-state index contributed by atoms with van der Waals surface area (Å²) in [5.74, 6) is 0.443. The van der Waals surface area contributed by atoms with Gasteiger partial charge in [-0.1, -0.05) is 44.2 Å². The molecule has 0 spiro atoms. The van der Waals surface area contributed by atoms with Crippen molar-refractivity contribution >= 4 is 17.5 Å². The van der Waals surface area contributed by atoms with Gasteiger partial charge in [0.1, 0.15) is 5.75 Å². The van der Waals surface area contributed by atoms with Gasteiger partial charge >= 0.3 is 0 Å². The van der Waals surface area contributed by atoms with E-state index in [1.54, 1.807) is 24.3 Å². The van der Waals surface area contributed by atoms with Crippen LogP contribution in [0.2, 0.25) is 0 Å². The first-order chi connectivity index (χ1) is 12.0. The number of rotatable bonds is 7. The zero-order valence-electron chi connectivity index (χ0n) is 14.8. The van der Waals surface area contributed by atoms with Crippen molar-refractivity contribution in [2.24, 2.45) is 0 Å². The Morgan fingerprint density at radius 1 is 1.04 bits per heavy atom. The van der Waals surface area contributed by atoms with Crippen molar-refractivity contribution in [1.82, 2.24) is 5.32 Å². The van der Waals surface area contributed by atoms with E-state index in [9.17, 15) is 9.59 Å². The summed E-state index contributed by atoms with van der Waals surface area (Å²) < 4.78 is 5.17. The summed E-state index contributed by atoms with van der Waals surface area (Å²) in [6.07, 6.45) is 0.202. The van der Waals surface area contributed by atoms with Crippen LogP contribution in [0.4, 0.5) is 5.69 Å². The molecule has 0 aliphatic carbocycles. The predicted molar refractivity (Wildman–Crippen MR) is 99.1 cm³/mol. The average molecular weight is 340 g/mol. The predicted octanol–water partition coefficient (Wildman–Crippen LogP) is 3.58. The highest BCUT2D eigenvalue weighted by molar-refractivity contribution is 5.97. The van der Waals surface area contributed by atoms with Crippen LogP contribution >= 0.6 is 0 Å². The summed E-state index contributed by atoms with van der Waals surface area (Å²) in [4.78, 5) is 24.3. The lowest BCUT2D eigenvalue weighted by Crippen LogP contribution is -2.28. The molecule has 0 atom stereocenters. The quantitative estimate of drug-likeness (QED) is 0.809. The molecule has 0 radical (unpaired) electrons. The van der Waals surface area contributed by atoms with Gasteiger partial charge in [0, 0.05) is 18.7 Å². The molecule has 2 amide bonds. The molecule has 0 unspecified atom stereocenters. The number of anilines is 1. The molecule has 0 heterocycles. The molecule has 5 heteroatoms. The molecule has 2 aromatic rings. The average Bonchev–Trinajstić information content (AvgIpc) is 2.61. The fourth-order valence-electron chi connectivity index (χ4n) is 2.54. The van der Waals surface area contributed by atoms with Gasteiger partial charge in [-0.3, -0.25) is 9.59 Å². The van der Waals surface area contributed by atoms with Crippen molar-refractivity contribution in [2.75, 3.05) is 19.0 Å². The van der Waals surface area contributed by atoms with Gasteiger partial charge in [-0.15, -0.1) is 0 Å². The lowest BCUT2D eigenvalue weighted by Gasteiger charge is -2.14. The maximum absolute atomic E-state index is 12.2. The highest BCUT2D eigenvalue weighted by Gasteiger charge is 2.12. The first-order valence-corrected chi connectivity index (χ1v) is 8.33. The third kappa shape index (κ3) is 5.08. The number of benzene rings is 2. The normalized spacial score (nSPS) is 10.4. The molecule has 0 fully saturated rings. The van der Waals surface area contributed by atoms with Crippen molar-refractivity contribution in [2.45, 2.75) is 26.2 Å². The van der Waals surface area contributed by atoms with E-state index in [1.807, 2.05) is 24.3 Å². The van der Waals surface area contributed by atoms with Gasteiger partial charge in [-0.05, 0) is 29.7 Å². The maximum Gasteiger partial charge on any atom is 0.255 e. The van der Waals surface area contributed by atoms with Gasteiger partial charge in [0.15, 0.2) is 0 Å². The summed E-state index contributed by atoms with van der Waals surface area (Å²) in [5.41, 5.74) is 2.36. The van der Waals surface area contributed by atoms with E-state index >= 15 is 0 Å². The van der Waals surface area contributed by atoms with E-state index in [-0.39, 0.29) is 24.8 Å². The van der Waals surface area contributed by atoms with Crippen molar-refractivity contribution in [3.8, 4) is 5.75 Å². The number of amides is 2. The lowest BCUT2D eigenvalue weighted by atomic mass is 10.0. The summed E-state index contributed by atoms with van der Waals surface area (Å²) >= 11 is 0. The van der Waals surface area contributed by atoms with Crippen LogP contribution in [0.3, 0.4) is 0 Å². The molecule has 132 valence electrons. The second-order valence-electron chi connectivity index (χ2n) is 6.00. The van der Waals surface area contributed by atoms with Gasteiger partial charge in [0.05, 0.1) is 12.7 Å². The number of nitrogens with one attached hydrogen (secondary N) is 2. The summed E-state index contributed by atoms with van der Waals surface area (Å²) in [5, 5.41) is 5.66. The number of methoxy groups -OCH3 is 1. The Kier molecular flexibility index (Phi) is 6.57. The number of ether oxygens (including phenoxy) is 1. The van der Waals surface area contributed by atoms with Crippen molar-refractivity contribution in [3.63, 3.8) is 0 Å². The minimum atomic E-state index is -0.257. The van der Waals surface area contributed by atoms with Crippen molar-refractivity contribution in [1.29, 1.82) is 0 Å². The zero-order chi connectivity index (χ0) is 18.2. The van der Waals surface area contributed by atoms with Crippen LogP contribution in [0.1, 0.15) is 42.1 Å². The summed E-state index contributed by atoms with van der Waals surface area (Å²) in [6, 6.07) is 14.7. The fourth-order valence-corrected chi connectivity index (χ4v) is 2.54. The monoisotopic (exact) mass is 340 g/mol. The molecule has 25 heavy (non-hydrogen) atoms.